The Morgan fingerprint density at radius 2 is 1.68 bits per heavy atom. The summed E-state index contributed by atoms with van der Waals surface area (Å²) in [6, 6.07) is 11.0. The Morgan fingerprint density at radius 1 is 1.08 bits per heavy atom. The van der Waals surface area contributed by atoms with Gasteiger partial charge in [-0.05, 0) is 42.5 Å². The van der Waals surface area contributed by atoms with Crippen molar-refractivity contribution >= 4 is 38.9 Å². The fraction of sp³-hybridized carbons (Fsp3) is 0.235. The van der Waals surface area contributed by atoms with Crippen molar-refractivity contribution in [2.45, 2.75) is 6.18 Å². The van der Waals surface area contributed by atoms with Crippen molar-refractivity contribution < 1.29 is 18.0 Å². The summed E-state index contributed by atoms with van der Waals surface area (Å²) in [5, 5.41) is 5.38. The number of halogens is 4. The van der Waals surface area contributed by atoms with Gasteiger partial charge in [0.15, 0.2) is 0 Å². The van der Waals surface area contributed by atoms with Crippen molar-refractivity contribution in [1.29, 1.82) is 0 Å². The first-order valence-corrected chi connectivity index (χ1v) is 8.14. The molecule has 0 saturated carbocycles. The van der Waals surface area contributed by atoms with Gasteiger partial charge in [-0.2, -0.15) is 13.2 Å². The van der Waals surface area contributed by atoms with Gasteiger partial charge in [-0.1, -0.05) is 15.9 Å². The summed E-state index contributed by atoms with van der Waals surface area (Å²) in [6.07, 6.45) is -4.47. The van der Waals surface area contributed by atoms with Crippen molar-refractivity contribution in [2.24, 2.45) is 0 Å². The molecule has 25 heavy (non-hydrogen) atoms. The first-order chi connectivity index (χ1) is 11.7. The van der Waals surface area contributed by atoms with Crippen LogP contribution in [0.1, 0.15) is 5.56 Å². The molecule has 134 valence electrons. The summed E-state index contributed by atoms with van der Waals surface area (Å²) in [4.78, 5) is 13.9. The van der Waals surface area contributed by atoms with Crippen LogP contribution in [-0.2, 0) is 11.0 Å². The fourth-order valence-electron chi connectivity index (χ4n) is 2.08. The maximum Gasteiger partial charge on any atom is 0.417 e. The van der Waals surface area contributed by atoms with Crippen LogP contribution in [0.3, 0.4) is 0 Å². The Morgan fingerprint density at radius 3 is 2.24 bits per heavy atom. The van der Waals surface area contributed by atoms with Crippen LogP contribution in [0.2, 0.25) is 0 Å². The lowest BCUT2D eigenvalue weighted by Crippen LogP contribution is -2.22. The highest BCUT2D eigenvalue weighted by molar-refractivity contribution is 9.10. The highest BCUT2D eigenvalue weighted by Gasteiger charge is 2.33. The van der Waals surface area contributed by atoms with Crippen molar-refractivity contribution in [2.75, 3.05) is 36.2 Å². The van der Waals surface area contributed by atoms with E-state index in [-0.39, 0.29) is 22.6 Å². The lowest BCUT2D eigenvalue weighted by molar-refractivity contribution is -0.138. The summed E-state index contributed by atoms with van der Waals surface area (Å²) in [5.74, 6) is -0.353. The van der Waals surface area contributed by atoms with Gasteiger partial charge < -0.3 is 15.5 Å². The molecule has 0 saturated heterocycles. The molecule has 2 aromatic rings. The molecule has 0 spiro atoms. The second-order valence-electron chi connectivity index (χ2n) is 5.54. The highest BCUT2D eigenvalue weighted by Crippen LogP contribution is 2.36. The Kier molecular flexibility index (Phi) is 5.94. The maximum atomic E-state index is 12.9. The lowest BCUT2D eigenvalue weighted by Gasteiger charge is -2.14. The van der Waals surface area contributed by atoms with E-state index in [1.165, 1.54) is 12.1 Å². The predicted octanol–water partition coefficient (Wildman–Crippen LogP) is 4.58. The van der Waals surface area contributed by atoms with E-state index in [1.807, 2.05) is 31.1 Å². The number of nitrogens with one attached hydrogen (secondary N) is 2. The van der Waals surface area contributed by atoms with Gasteiger partial charge in [0.25, 0.3) is 0 Å². The Balaban J connectivity index is 1.96. The molecule has 8 heteroatoms. The van der Waals surface area contributed by atoms with Crippen LogP contribution < -0.4 is 15.5 Å². The van der Waals surface area contributed by atoms with Gasteiger partial charge in [-0.15, -0.1) is 0 Å². The average molecular weight is 416 g/mol. The standard InChI is InChI=1S/C17H17BrF3N3O/c1-24(2)13-6-3-11(4-7-13)23-16(25)10-22-12-5-8-15(18)14(9-12)17(19,20)21/h3-9,22H,10H2,1-2H3,(H,23,25). The summed E-state index contributed by atoms with van der Waals surface area (Å²) in [5.41, 5.74) is 1.03. The SMILES string of the molecule is CN(C)c1ccc(NC(=O)CNc2ccc(Br)c(C(F)(F)F)c2)cc1. The van der Waals surface area contributed by atoms with Crippen molar-refractivity contribution in [1.82, 2.24) is 0 Å². The molecule has 4 nitrogen and oxygen atoms in total. The molecular formula is C17H17BrF3N3O. The number of alkyl halides is 3. The van der Waals surface area contributed by atoms with E-state index >= 15 is 0 Å². The molecule has 0 bridgehead atoms. The zero-order valence-corrected chi connectivity index (χ0v) is 15.2. The zero-order valence-electron chi connectivity index (χ0n) is 13.6. The molecule has 0 heterocycles. The van der Waals surface area contributed by atoms with Crippen LogP contribution in [-0.4, -0.2) is 26.5 Å². The van der Waals surface area contributed by atoms with Gasteiger partial charge in [0.05, 0.1) is 12.1 Å². The Bertz CT molecular complexity index is 746. The molecule has 0 unspecified atom stereocenters. The van der Waals surface area contributed by atoms with Gasteiger partial charge in [-0.3, -0.25) is 4.79 Å². The van der Waals surface area contributed by atoms with E-state index in [9.17, 15) is 18.0 Å². The third-order valence-electron chi connectivity index (χ3n) is 3.39. The van der Waals surface area contributed by atoms with Crippen molar-refractivity contribution in [3.05, 3.63) is 52.5 Å². The van der Waals surface area contributed by atoms with Crippen molar-refractivity contribution in [3.63, 3.8) is 0 Å². The molecule has 1 amide bonds. The van der Waals surface area contributed by atoms with Gasteiger partial charge in [0.1, 0.15) is 0 Å². The number of hydrogen-bond donors (Lipinski definition) is 2. The molecule has 2 N–H and O–H groups in total. The largest absolute Gasteiger partial charge is 0.417 e. The van der Waals surface area contributed by atoms with E-state index in [0.717, 1.165) is 11.8 Å². The lowest BCUT2D eigenvalue weighted by atomic mass is 10.2. The number of rotatable bonds is 5. The summed E-state index contributed by atoms with van der Waals surface area (Å²) in [7, 11) is 3.82. The predicted molar refractivity (Wildman–Crippen MR) is 97.0 cm³/mol. The molecule has 0 radical (unpaired) electrons. The molecule has 0 aliphatic rings. The molecule has 2 aromatic carbocycles. The molecule has 0 fully saturated rings. The van der Waals surface area contributed by atoms with Gasteiger partial charge in [-0.25, -0.2) is 0 Å². The minimum atomic E-state index is -4.47. The summed E-state index contributed by atoms with van der Waals surface area (Å²) in [6.45, 7) is -0.144. The second-order valence-corrected chi connectivity index (χ2v) is 6.39. The monoisotopic (exact) mass is 415 g/mol. The summed E-state index contributed by atoms with van der Waals surface area (Å²) >= 11 is 2.88. The summed E-state index contributed by atoms with van der Waals surface area (Å²) < 4.78 is 38.5. The smallest absolute Gasteiger partial charge is 0.378 e. The number of carbonyl (C=O) groups excluding carboxylic acids is 1. The van der Waals surface area contributed by atoms with E-state index in [2.05, 4.69) is 26.6 Å². The highest BCUT2D eigenvalue weighted by atomic mass is 79.9. The van der Waals surface area contributed by atoms with Crippen LogP contribution in [0.15, 0.2) is 46.9 Å². The van der Waals surface area contributed by atoms with E-state index in [4.69, 9.17) is 0 Å². The minimum absolute atomic E-state index is 0.0454. The Labute approximate surface area is 152 Å². The molecule has 2 rings (SSSR count). The molecule has 0 aromatic heterocycles. The van der Waals surface area contributed by atoms with Crippen LogP contribution in [0.4, 0.5) is 30.2 Å². The van der Waals surface area contributed by atoms with Gasteiger partial charge >= 0.3 is 6.18 Å². The fourth-order valence-corrected chi connectivity index (χ4v) is 2.55. The third-order valence-corrected chi connectivity index (χ3v) is 4.08. The van der Waals surface area contributed by atoms with Crippen LogP contribution in [0.25, 0.3) is 0 Å². The van der Waals surface area contributed by atoms with Crippen LogP contribution in [0, 0.1) is 0 Å². The quantitative estimate of drug-likeness (QED) is 0.750. The minimum Gasteiger partial charge on any atom is -0.378 e. The average Bonchev–Trinajstić information content (AvgIpc) is 2.53. The molecule has 0 atom stereocenters. The van der Waals surface area contributed by atoms with E-state index < -0.39 is 11.7 Å². The zero-order chi connectivity index (χ0) is 18.6. The number of benzene rings is 2. The first kappa shape index (κ1) is 19.1. The van der Waals surface area contributed by atoms with Crippen molar-refractivity contribution in [3.8, 4) is 0 Å². The third kappa shape index (κ3) is 5.38. The molecule has 0 aliphatic heterocycles. The van der Waals surface area contributed by atoms with Crippen LogP contribution >= 0.6 is 15.9 Å². The number of amides is 1. The van der Waals surface area contributed by atoms with E-state index in [0.29, 0.717) is 5.69 Å². The maximum absolute atomic E-state index is 12.9. The number of nitrogens with zero attached hydrogens (tertiary/aromatic N) is 1. The second kappa shape index (κ2) is 7.77. The first-order valence-electron chi connectivity index (χ1n) is 7.34. The van der Waals surface area contributed by atoms with E-state index in [1.54, 1.807) is 12.1 Å². The topological polar surface area (TPSA) is 44.4 Å². The van der Waals surface area contributed by atoms with Gasteiger partial charge in [0, 0.05) is 35.6 Å². The number of anilines is 3. The molecular weight excluding hydrogens is 399 g/mol. The van der Waals surface area contributed by atoms with Crippen LogP contribution in [0.5, 0.6) is 0 Å². The normalized spacial score (nSPS) is 11.1. The number of carbonyl (C=O) groups is 1. The number of hydrogen-bond acceptors (Lipinski definition) is 3. The Hall–Kier alpha value is -2.22. The van der Waals surface area contributed by atoms with Gasteiger partial charge in [0.2, 0.25) is 5.91 Å². The molecule has 0 aliphatic carbocycles.